The molecule has 1 aliphatic rings. The first-order chi connectivity index (χ1) is 7.63. The Balaban J connectivity index is 2.10. The van der Waals surface area contributed by atoms with Crippen LogP contribution in [0.5, 0.6) is 0 Å². The van der Waals surface area contributed by atoms with Crippen LogP contribution in [-0.4, -0.2) is 24.9 Å². The lowest BCUT2D eigenvalue weighted by Crippen LogP contribution is -2.41. The molecule has 0 saturated carbocycles. The number of hydrogen-bond donors (Lipinski definition) is 1. The molecule has 1 N–H and O–H groups in total. The van der Waals surface area contributed by atoms with Gasteiger partial charge in [0.1, 0.15) is 0 Å². The Morgan fingerprint density at radius 3 is 2.69 bits per heavy atom. The third-order valence-electron chi connectivity index (χ3n) is 3.37. The van der Waals surface area contributed by atoms with Crippen molar-refractivity contribution in [2.75, 3.05) is 19.8 Å². The monoisotopic (exact) mass is 220 g/mol. The van der Waals surface area contributed by atoms with Crippen LogP contribution in [0.2, 0.25) is 0 Å². The Bertz CT molecular complexity index is 356. The fourth-order valence-corrected chi connectivity index (χ4v) is 2.38. The zero-order valence-electron chi connectivity index (χ0n) is 10.1. The normalized spacial score (nSPS) is 20.2. The van der Waals surface area contributed by atoms with Gasteiger partial charge in [-0.15, -0.1) is 0 Å². The quantitative estimate of drug-likeness (QED) is 0.844. The molecule has 1 aromatic carbocycles. The third-order valence-corrected chi connectivity index (χ3v) is 3.37. The molecule has 0 bridgehead atoms. The molecule has 16 heavy (non-hydrogen) atoms. The Labute approximate surface area is 97.3 Å². The first-order valence-corrected chi connectivity index (χ1v) is 5.88. The maximum Gasteiger partial charge on any atom is 0.0542 e. The molecule has 2 heteroatoms. The van der Waals surface area contributed by atoms with Crippen LogP contribution < -0.4 is 0 Å². The van der Waals surface area contributed by atoms with Crippen molar-refractivity contribution in [1.29, 1.82) is 0 Å². The number of hydrogen-bond acceptors (Lipinski definition) is 2. The summed E-state index contributed by atoms with van der Waals surface area (Å²) in [6.07, 6.45) is 1.01. The van der Waals surface area contributed by atoms with E-state index in [-0.39, 0.29) is 17.9 Å². The summed E-state index contributed by atoms with van der Waals surface area (Å²) in [7, 11) is 0. The lowest BCUT2D eigenvalue weighted by atomic mass is 9.77. The highest BCUT2D eigenvalue weighted by Gasteiger charge is 2.35. The summed E-state index contributed by atoms with van der Waals surface area (Å²) < 4.78 is 5.26. The van der Waals surface area contributed by atoms with Gasteiger partial charge in [-0.05, 0) is 18.9 Å². The van der Waals surface area contributed by atoms with Gasteiger partial charge >= 0.3 is 0 Å². The largest absolute Gasteiger partial charge is 0.396 e. The van der Waals surface area contributed by atoms with Crippen molar-refractivity contribution in [3.05, 3.63) is 35.4 Å². The molecule has 1 aromatic rings. The number of aryl methyl sites for hydroxylation is 1. The van der Waals surface area contributed by atoms with Crippen LogP contribution in [0.4, 0.5) is 0 Å². The minimum atomic E-state index is 0.221. The molecule has 1 fully saturated rings. The number of ether oxygens (including phenoxy) is 1. The van der Waals surface area contributed by atoms with Crippen LogP contribution >= 0.6 is 0 Å². The van der Waals surface area contributed by atoms with Gasteiger partial charge in [0.2, 0.25) is 0 Å². The summed E-state index contributed by atoms with van der Waals surface area (Å²) in [6.45, 7) is 6.20. The summed E-state index contributed by atoms with van der Waals surface area (Å²) in [6, 6.07) is 8.43. The molecule has 88 valence electrons. The van der Waals surface area contributed by atoms with Crippen molar-refractivity contribution >= 4 is 0 Å². The van der Waals surface area contributed by atoms with Gasteiger partial charge in [-0.3, -0.25) is 0 Å². The number of rotatable bonds is 4. The van der Waals surface area contributed by atoms with Gasteiger partial charge in [-0.1, -0.05) is 36.8 Å². The van der Waals surface area contributed by atoms with E-state index >= 15 is 0 Å². The van der Waals surface area contributed by atoms with E-state index in [1.165, 1.54) is 11.1 Å². The highest BCUT2D eigenvalue weighted by Crippen LogP contribution is 2.37. The van der Waals surface area contributed by atoms with E-state index in [1.54, 1.807) is 0 Å². The second-order valence-corrected chi connectivity index (χ2v) is 5.30. The Hall–Kier alpha value is -0.860. The maximum absolute atomic E-state index is 9.51. The minimum Gasteiger partial charge on any atom is -0.396 e. The Kier molecular flexibility index (Phi) is 3.31. The molecule has 1 aliphatic heterocycles. The van der Waals surface area contributed by atoms with Crippen LogP contribution in [0, 0.1) is 12.3 Å². The fourth-order valence-electron chi connectivity index (χ4n) is 2.38. The van der Waals surface area contributed by atoms with Gasteiger partial charge in [0, 0.05) is 17.9 Å². The standard InChI is InChI=1S/C14H20O2/c1-11-4-3-5-12(6-11)13(8-15)7-14(2)9-16-10-14/h3-6,13,15H,7-10H2,1-2H3. The summed E-state index contributed by atoms with van der Waals surface area (Å²) in [5, 5.41) is 9.51. The fraction of sp³-hybridized carbons (Fsp3) is 0.571. The molecule has 1 heterocycles. The van der Waals surface area contributed by atoms with Crippen molar-refractivity contribution in [2.24, 2.45) is 5.41 Å². The SMILES string of the molecule is Cc1cccc(C(CO)CC2(C)COC2)c1. The molecule has 0 amide bonds. The minimum absolute atomic E-state index is 0.221. The zero-order valence-corrected chi connectivity index (χ0v) is 10.1. The average molecular weight is 220 g/mol. The molecule has 1 atom stereocenters. The molecular weight excluding hydrogens is 200 g/mol. The van der Waals surface area contributed by atoms with Crippen molar-refractivity contribution in [1.82, 2.24) is 0 Å². The van der Waals surface area contributed by atoms with Gasteiger partial charge < -0.3 is 9.84 Å². The molecule has 0 radical (unpaired) electrons. The molecule has 0 aromatic heterocycles. The van der Waals surface area contributed by atoms with Crippen molar-refractivity contribution < 1.29 is 9.84 Å². The van der Waals surface area contributed by atoms with Gasteiger partial charge in [0.25, 0.3) is 0 Å². The lowest BCUT2D eigenvalue weighted by Gasteiger charge is -2.40. The zero-order chi connectivity index (χ0) is 11.6. The van der Waals surface area contributed by atoms with E-state index in [2.05, 4.69) is 38.1 Å². The van der Waals surface area contributed by atoms with Crippen LogP contribution in [0.3, 0.4) is 0 Å². The van der Waals surface area contributed by atoms with Crippen molar-refractivity contribution in [3.63, 3.8) is 0 Å². The van der Waals surface area contributed by atoms with Gasteiger partial charge in [-0.25, -0.2) is 0 Å². The van der Waals surface area contributed by atoms with Crippen molar-refractivity contribution in [3.8, 4) is 0 Å². The summed E-state index contributed by atoms with van der Waals surface area (Å²) in [5.74, 6) is 0.244. The van der Waals surface area contributed by atoms with Crippen LogP contribution in [0.15, 0.2) is 24.3 Å². The molecule has 0 spiro atoms. The average Bonchev–Trinajstić information content (AvgIpc) is 2.23. The molecule has 2 rings (SSSR count). The highest BCUT2D eigenvalue weighted by molar-refractivity contribution is 5.26. The van der Waals surface area contributed by atoms with Gasteiger partial charge in [-0.2, -0.15) is 0 Å². The number of aliphatic hydroxyl groups is 1. The van der Waals surface area contributed by atoms with E-state index in [9.17, 15) is 5.11 Å². The first kappa shape index (κ1) is 11.6. The predicted octanol–water partition coefficient (Wildman–Crippen LogP) is 2.50. The molecule has 0 aliphatic carbocycles. The highest BCUT2D eigenvalue weighted by atomic mass is 16.5. The van der Waals surface area contributed by atoms with Crippen LogP contribution in [0.25, 0.3) is 0 Å². The molecular formula is C14H20O2. The van der Waals surface area contributed by atoms with Gasteiger partial charge in [0.15, 0.2) is 0 Å². The van der Waals surface area contributed by atoms with E-state index < -0.39 is 0 Å². The van der Waals surface area contributed by atoms with Crippen LogP contribution in [-0.2, 0) is 4.74 Å². The lowest BCUT2D eigenvalue weighted by molar-refractivity contribution is -0.110. The van der Waals surface area contributed by atoms with Crippen LogP contribution in [0.1, 0.15) is 30.4 Å². The van der Waals surface area contributed by atoms with E-state index in [1.807, 2.05) is 0 Å². The van der Waals surface area contributed by atoms with E-state index in [0.717, 1.165) is 19.6 Å². The Morgan fingerprint density at radius 2 is 2.19 bits per heavy atom. The van der Waals surface area contributed by atoms with E-state index in [0.29, 0.717) is 0 Å². The summed E-state index contributed by atoms with van der Waals surface area (Å²) in [4.78, 5) is 0. The molecule has 1 saturated heterocycles. The summed E-state index contributed by atoms with van der Waals surface area (Å²) >= 11 is 0. The van der Waals surface area contributed by atoms with Crippen molar-refractivity contribution in [2.45, 2.75) is 26.2 Å². The number of benzene rings is 1. The van der Waals surface area contributed by atoms with E-state index in [4.69, 9.17) is 4.74 Å². The number of aliphatic hydroxyl groups excluding tert-OH is 1. The first-order valence-electron chi connectivity index (χ1n) is 5.88. The predicted molar refractivity (Wildman–Crippen MR) is 64.5 cm³/mol. The molecule has 2 nitrogen and oxygen atoms in total. The Morgan fingerprint density at radius 1 is 1.44 bits per heavy atom. The third kappa shape index (κ3) is 2.45. The maximum atomic E-state index is 9.51. The van der Waals surface area contributed by atoms with Gasteiger partial charge in [0.05, 0.1) is 13.2 Å². The second kappa shape index (κ2) is 4.56. The second-order valence-electron chi connectivity index (χ2n) is 5.30. The topological polar surface area (TPSA) is 29.5 Å². The molecule has 1 unspecified atom stereocenters. The smallest absolute Gasteiger partial charge is 0.0542 e. The summed E-state index contributed by atoms with van der Waals surface area (Å²) in [5.41, 5.74) is 2.76.